The van der Waals surface area contributed by atoms with Crippen molar-refractivity contribution < 1.29 is 4.42 Å². The van der Waals surface area contributed by atoms with Gasteiger partial charge in [0.15, 0.2) is 0 Å². The largest absolute Gasteiger partial charge is 0.444 e. The molecule has 1 aromatic rings. The molecule has 0 unspecified atom stereocenters. The molecule has 1 N–H and O–H groups in total. The van der Waals surface area contributed by atoms with Crippen LogP contribution in [0.3, 0.4) is 0 Å². The van der Waals surface area contributed by atoms with Gasteiger partial charge in [-0.25, -0.2) is 4.98 Å². The van der Waals surface area contributed by atoms with E-state index >= 15 is 0 Å². The van der Waals surface area contributed by atoms with Gasteiger partial charge in [-0.15, -0.1) is 0 Å². The highest BCUT2D eigenvalue weighted by atomic mass is 16.4. The average Bonchev–Trinajstić information content (AvgIpc) is 2.51. The van der Waals surface area contributed by atoms with Crippen molar-refractivity contribution in [3.05, 3.63) is 17.8 Å². The van der Waals surface area contributed by atoms with Crippen LogP contribution < -0.4 is 5.32 Å². The second-order valence-electron chi connectivity index (χ2n) is 5.56. The van der Waals surface area contributed by atoms with Crippen molar-refractivity contribution in [3.8, 4) is 0 Å². The van der Waals surface area contributed by atoms with Gasteiger partial charge in [0.2, 0.25) is 5.89 Å². The molecule has 0 amide bonds. The summed E-state index contributed by atoms with van der Waals surface area (Å²) in [6, 6.07) is 0. The highest BCUT2D eigenvalue weighted by molar-refractivity contribution is 5.27. The fraction of sp³-hybridized carbons (Fsp3) is 0.750. The maximum absolute atomic E-state index is 5.75. The van der Waals surface area contributed by atoms with Gasteiger partial charge in [-0.2, -0.15) is 0 Å². The molecule has 0 spiro atoms. The third-order valence-corrected chi connectivity index (χ3v) is 4.20. The van der Waals surface area contributed by atoms with Crippen molar-refractivity contribution in [1.82, 2.24) is 10.3 Å². The summed E-state index contributed by atoms with van der Waals surface area (Å²) in [5.41, 5.74) is 0.646. The minimum absolute atomic E-state index is 0.323. The van der Waals surface area contributed by atoms with Crippen molar-refractivity contribution in [2.45, 2.75) is 40.2 Å². The molecule has 0 atom stereocenters. The van der Waals surface area contributed by atoms with Crippen LogP contribution in [0.25, 0.3) is 0 Å². The van der Waals surface area contributed by atoms with E-state index in [1.54, 1.807) is 0 Å². The first kappa shape index (κ1) is 10.7. The molecule has 0 aromatic carbocycles. The number of nitrogens with one attached hydrogen (secondary N) is 1. The van der Waals surface area contributed by atoms with Gasteiger partial charge in [-0.3, -0.25) is 0 Å². The van der Waals surface area contributed by atoms with Gasteiger partial charge in [0.1, 0.15) is 5.76 Å². The SMILES string of the molecule is CNCc1ncc(C2C(C)(C)C2(C)C)o1. The van der Waals surface area contributed by atoms with E-state index in [1.807, 2.05) is 13.2 Å². The number of aromatic nitrogens is 1. The zero-order valence-corrected chi connectivity index (χ0v) is 10.2. The van der Waals surface area contributed by atoms with E-state index in [9.17, 15) is 0 Å². The molecule has 2 rings (SSSR count). The Morgan fingerprint density at radius 1 is 1.33 bits per heavy atom. The van der Waals surface area contributed by atoms with Gasteiger partial charge in [-0.05, 0) is 17.9 Å². The Hall–Kier alpha value is -0.830. The number of oxazole rings is 1. The summed E-state index contributed by atoms with van der Waals surface area (Å²) in [6.45, 7) is 9.86. The highest BCUT2D eigenvalue weighted by Crippen LogP contribution is 2.73. The van der Waals surface area contributed by atoms with Crippen LogP contribution in [-0.4, -0.2) is 12.0 Å². The molecule has 1 aromatic heterocycles. The molecule has 3 heteroatoms. The van der Waals surface area contributed by atoms with Crippen LogP contribution in [0, 0.1) is 10.8 Å². The average molecular weight is 208 g/mol. The maximum atomic E-state index is 5.75. The number of rotatable bonds is 3. The molecule has 0 saturated heterocycles. The Morgan fingerprint density at radius 2 is 1.93 bits per heavy atom. The third-order valence-electron chi connectivity index (χ3n) is 4.20. The second-order valence-corrected chi connectivity index (χ2v) is 5.56. The van der Waals surface area contributed by atoms with E-state index < -0.39 is 0 Å². The Balaban J connectivity index is 2.19. The topological polar surface area (TPSA) is 38.1 Å². The van der Waals surface area contributed by atoms with E-state index in [1.165, 1.54) is 0 Å². The first-order valence-corrected chi connectivity index (χ1v) is 5.50. The Bertz CT molecular complexity index is 351. The quantitative estimate of drug-likeness (QED) is 0.829. The summed E-state index contributed by atoms with van der Waals surface area (Å²) in [4.78, 5) is 4.27. The van der Waals surface area contributed by atoms with Crippen LogP contribution in [0.15, 0.2) is 10.6 Å². The molecule has 84 valence electrons. The molecule has 0 radical (unpaired) electrons. The van der Waals surface area contributed by atoms with E-state index in [4.69, 9.17) is 4.42 Å². The molecular formula is C12H20N2O. The molecule has 1 saturated carbocycles. The summed E-state index contributed by atoms with van der Waals surface area (Å²) in [6.07, 6.45) is 1.88. The van der Waals surface area contributed by atoms with Gasteiger partial charge in [0.25, 0.3) is 0 Å². The first-order chi connectivity index (χ1) is 6.91. The molecule has 0 aliphatic heterocycles. The van der Waals surface area contributed by atoms with Crippen LogP contribution >= 0.6 is 0 Å². The van der Waals surface area contributed by atoms with E-state index in [0.29, 0.717) is 23.3 Å². The molecule has 1 aliphatic carbocycles. The smallest absolute Gasteiger partial charge is 0.208 e. The highest BCUT2D eigenvalue weighted by Gasteiger charge is 2.66. The Kier molecular flexibility index (Phi) is 2.19. The van der Waals surface area contributed by atoms with Crippen molar-refractivity contribution in [2.75, 3.05) is 7.05 Å². The summed E-state index contributed by atoms with van der Waals surface area (Å²) >= 11 is 0. The normalized spacial score (nSPS) is 23.0. The van der Waals surface area contributed by atoms with Crippen LogP contribution in [0.5, 0.6) is 0 Å². The lowest BCUT2D eigenvalue weighted by Gasteiger charge is -2.03. The Labute approximate surface area is 91.3 Å². The molecule has 1 aliphatic rings. The van der Waals surface area contributed by atoms with Crippen molar-refractivity contribution in [2.24, 2.45) is 10.8 Å². The fourth-order valence-electron chi connectivity index (χ4n) is 2.60. The molecule has 1 fully saturated rings. The van der Waals surface area contributed by atoms with Crippen LogP contribution in [-0.2, 0) is 6.54 Å². The lowest BCUT2D eigenvalue weighted by Crippen LogP contribution is -2.04. The predicted octanol–water partition coefficient (Wildman–Crippen LogP) is 2.54. The maximum Gasteiger partial charge on any atom is 0.208 e. The van der Waals surface area contributed by atoms with Gasteiger partial charge < -0.3 is 9.73 Å². The van der Waals surface area contributed by atoms with Gasteiger partial charge in [-0.1, -0.05) is 27.7 Å². The van der Waals surface area contributed by atoms with Gasteiger partial charge in [0, 0.05) is 5.92 Å². The summed E-state index contributed by atoms with van der Waals surface area (Å²) in [5, 5.41) is 3.04. The first-order valence-electron chi connectivity index (χ1n) is 5.50. The minimum atomic E-state index is 0.323. The van der Waals surface area contributed by atoms with Gasteiger partial charge >= 0.3 is 0 Å². The van der Waals surface area contributed by atoms with E-state index in [2.05, 4.69) is 38.0 Å². The molecule has 15 heavy (non-hydrogen) atoms. The van der Waals surface area contributed by atoms with Crippen molar-refractivity contribution in [3.63, 3.8) is 0 Å². The lowest BCUT2D eigenvalue weighted by molar-refractivity contribution is 0.429. The fourth-order valence-corrected chi connectivity index (χ4v) is 2.60. The van der Waals surface area contributed by atoms with E-state index in [0.717, 1.165) is 11.7 Å². The third kappa shape index (κ3) is 1.41. The lowest BCUT2D eigenvalue weighted by atomic mass is 10.0. The monoisotopic (exact) mass is 208 g/mol. The Morgan fingerprint density at radius 3 is 2.40 bits per heavy atom. The summed E-state index contributed by atoms with van der Waals surface area (Å²) in [7, 11) is 1.90. The van der Waals surface area contributed by atoms with Crippen LogP contribution in [0.4, 0.5) is 0 Å². The zero-order valence-electron chi connectivity index (χ0n) is 10.2. The number of nitrogens with zero attached hydrogens (tertiary/aromatic N) is 1. The standard InChI is InChI=1S/C12H20N2O/c1-11(2)10(12(11,3)4)8-6-14-9(15-8)7-13-5/h6,10,13H,7H2,1-5H3. The van der Waals surface area contributed by atoms with Crippen LogP contribution in [0.1, 0.15) is 45.3 Å². The molecular weight excluding hydrogens is 188 g/mol. The number of hydrogen-bond acceptors (Lipinski definition) is 3. The molecule has 3 nitrogen and oxygen atoms in total. The zero-order chi connectivity index (χ0) is 11.3. The van der Waals surface area contributed by atoms with E-state index in [-0.39, 0.29) is 0 Å². The van der Waals surface area contributed by atoms with Crippen molar-refractivity contribution in [1.29, 1.82) is 0 Å². The molecule has 1 heterocycles. The summed E-state index contributed by atoms with van der Waals surface area (Å²) < 4.78 is 5.75. The predicted molar refractivity (Wildman–Crippen MR) is 59.6 cm³/mol. The second kappa shape index (κ2) is 3.08. The minimum Gasteiger partial charge on any atom is -0.444 e. The van der Waals surface area contributed by atoms with Crippen molar-refractivity contribution >= 4 is 0 Å². The summed E-state index contributed by atoms with van der Waals surface area (Å²) in [5.74, 6) is 2.32. The van der Waals surface area contributed by atoms with Crippen LogP contribution in [0.2, 0.25) is 0 Å². The molecule has 0 bridgehead atoms. The van der Waals surface area contributed by atoms with Gasteiger partial charge in [0.05, 0.1) is 12.7 Å². The number of hydrogen-bond donors (Lipinski definition) is 1.